The molecular formula is C11H11N3O3. The standard InChI is InChI=1S/C11H11N3O3/c15-14(16)11-12-9-3-1-2-4-10(9)13(11)7-8-5-6-17-8/h1-4,8H,5-7H2. The summed E-state index contributed by atoms with van der Waals surface area (Å²) in [6.07, 6.45) is 1.02. The number of hydrogen-bond acceptors (Lipinski definition) is 4. The molecule has 0 radical (unpaired) electrons. The lowest BCUT2D eigenvalue weighted by Crippen LogP contribution is -2.31. The molecule has 0 amide bonds. The number of para-hydroxylation sites is 2. The largest absolute Gasteiger partial charge is 0.435 e. The minimum atomic E-state index is -0.446. The van der Waals surface area contributed by atoms with Gasteiger partial charge in [-0.05, 0) is 17.1 Å². The van der Waals surface area contributed by atoms with Crippen molar-refractivity contribution >= 4 is 17.0 Å². The van der Waals surface area contributed by atoms with Gasteiger partial charge in [-0.2, -0.15) is 0 Å². The summed E-state index contributed by atoms with van der Waals surface area (Å²) in [6, 6.07) is 7.30. The maximum Gasteiger partial charge on any atom is 0.435 e. The topological polar surface area (TPSA) is 70.2 Å². The van der Waals surface area contributed by atoms with Crippen LogP contribution >= 0.6 is 0 Å². The van der Waals surface area contributed by atoms with Gasteiger partial charge in [-0.25, -0.2) is 4.57 Å². The normalized spacial score (nSPS) is 19.2. The quantitative estimate of drug-likeness (QED) is 0.598. The molecule has 0 aliphatic carbocycles. The number of nitro groups is 1. The molecular weight excluding hydrogens is 222 g/mol. The predicted octanol–water partition coefficient (Wildman–Crippen LogP) is 1.73. The lowest BCUT2D eigenvalue weighted by molar-refractivity contribution is -0.396. The van der Waals surface area contributed by atoms with Crippen LogP contribution < -0.4 is 0 Å². The van der Waals surface area contributed by atoms with Crippen LogP contribution in [-0.4, -0.2) is 27.2 Å². The molecule has 1 aromatic carbocycles. The van der Waals surface area contributed by atoms with Crippen molar-refractivity contribution in [3.8, 4) is 0 Å². The Labute approximate surface area is 97.0 Å². The molecule has 6 heteroatoms. The molecule has 1 saturated heterocycles. The van der Waals surface area contributed by atoms with Crippen LogP contribution in [0.1, 0.15) is 6.42 Å². The van der Waals surface area contributed by atoms with Crippen LogP contribution in [0.5, 0.6) is 0 Å². The minimum Gasteiger partial charge on any atom is -0.390 e. The zero-order chi connectivity index (χ0) is 11.8. The van der Waals surface area contributed by atoms with E-state index < -0.39 is 4.92 Å². The first-order chi connectivity index (χ1) is 8.25. The lowest BCUT2D eigenvalue weighted by atomic mass is 10.2. The summed E-state index contributed by atoms with van der Waals surface area (Å²) in [5, 5.41) is 11.0. The fourth-order valence-corrected chi connectivity index (χ4v) is 2.01. The van der Waals surface area contributed by atoms with Gasteiger partial charge in [0.15, 0.2) is 5.52 Å². The van der Waals surface area contributed by atoms with Gasteiger partial charge < -0.3 is 14.9 Å². The van der Waals surface area contributed by atoms with Gasteiger partial charge >= 0.3 is 5.95 Å². The van der Waals surface area contributed by atoms with Gasteiger partial charge in [0.25, 0.3) is 0 Å². The maximum atomic E-state index is 11.0. The Morgan fingerprint density at radius 1 is 1.53 bits per heavy atom. The SMILES string of the molecule is O=[N+]([O-])c1nc2ccccc2n1CC1CCO1. The Bertz CT molecular complexity index is 574. The van der Waals surface area contributed by atoms with Gasteiger partial charge in [0.1, 0.15) is 5.52 Å². The maximum absolute atomic E-state index is 11.0. The summed E-state index contributed by atoms with van der Waals surface area (Å²) in [6.45, 7) is 1.24. The van der Waals surface area contributed by atoms with E-state index in [1.54, 1.807) is 10.6 Å². The van der Waals surface area contributed by atoms with Gasteiger partial charge in [0.05, 0.1) is 12.6 Å². The van der Waals surface area contributed by atoms with E-state index in [2.05, 4.69) is 4.98 Å². The highest BCUT2D eigenvalue weighted by Crippen LogP contribution is 2.24. The number of rotatable bonds is 3. The number of nitrogens with zero attached hydrogens (tertiary/aromatic N) is 3. The molecule has 2 heterocycles. The molecule has 3 rings (SSSR count). The molecule has 0 saturated carbocycles. The second-order valence-corrected chi connectivity index (χ2v) is 4.05. The van der Waals surface area contributed by atoms with Crippen molar-refractivity contribution in [1.29, 1.82) is 0 Å². The third kappa shape index (κ3) is 1.66. The molecule has 1 aliphatic heterocycles. The van der Waals surface area contributed by atoms with Crippen LogP contribution in [0.4, 0.5) is 5.95 Å². The first-order valence-electron chi connectivity index (χ1n) is 5.47. The zero-order valence-electron chi connectivity index (χ0n) is 9.07. The van der Waals surface area contributed by atoms with E-state index in [9.17, 15) is 10.1 Å². The van der Waals surface area contributed by atoms with E-state index in [1.807, 2.05) is 18.2 Å². The molecule has 1 fully saturated rings. The van der Waals surface area contributed by atoms with Crippen molar-refractivity contribution in [2.75, 3.05) is 6.61 Å². The zero-order valence-corrected chi connectivity index (χ0v) is 9.07. The molecule has 1 aliphatic rings. The Balaban J connectivity index is 2.10. The molecule has 6 nitrogen and oxygen atoms in total. The van der Waals surface area contributed by atoms with E-state index in [0.29, 0.717) is 12.1 Å². The molecule has 0 N–H and O–H groups in total. The van der Waals surface area contributed by atoms with Crippen LogP contribution in [-0.2, 0) is 11.3 Å². The Morgan fingerprint density at radius 2 is 2.29 bits per heavy atom. The number of ether oxygens (including phenoxy) is 1. The number of hydrogen-bond donors (Lipinski definition) is 0. The van der Waals surface area contributed by atoms with Gasteiger partial charge in [0, 0.05) is 13.0 Å². The summed E-state index contributed by atoms with van der Waals surface area (Å²) >= 11 is 0. The van der Waals surface area contributed by atoms with Crippen LogP contribution in [0.3, 0.4) is 0 Å². The minimum absolute atomic E-state index is 0.0753. The Kier molecular flexibility index (Phi) is 2.29. The summed E-state index contributed by atoms with van der Waals surface area (Å²) < 4.78 is 6.94. The average Bonchev–Trinajstić information content (AvgIpc) is 2.62. The molecule has 1 aromatic heterocycles. The van der Waals surface area contributed by atoms with Crippen molar-refractivity contribution in [1.82, 2.24) is 9.55 Å². The monoisotopic (exact) mass is 233 g/mol. The molecule has 88 valence electrons. The summed E-state index contributed by atoms with van der Waals surface area (Å²) in [5.41, 5.74) is 1.44. The van der Waals surface area contributed by atoms with Gasteiger partial charge in [-0.1, -0.05) is 17.1 Å². The number of imidazole rings is 1. The van der Waals surface area contributed by atoms with Crippen molar-refractivity contribution in [3.63, 3.8) is 0 Å². The van der Waals surface area contributed by atoms with E-state index in [-0.39, 0.29) is 12.1 Å². The van der Waals surface area contributed by atoms with Crippen molar-refractivity contribution < 1.29 is 9.66 Å². The second-order valence-electron chi connectivity index (χ2n) is 4.05. The highest BCUT2D eigenvalue weighted by atomic mass is 16.6. The third-order valence-electron chi connectivity index (χ3n) is 2.98. The summed E-state index contributed by atoms with van der Waals surface area (Å²) in [7, 11) is 0. The third-order valence-corrected chi connectivity index (χ3v) is 2.98. The molecule has 1 atom stereocenters. The molecule has 17 heavy (non-hydrogen) atoms. The Morgan fingerprint density at radius 3 is 2.94 bits per heavy atom. The average molecular weight is 233 g/mol. The predicted molar refractivity (Wildman–Crippen MR) is 60.7 cm³/mol. The fourth-order valence-electron chi connectivity index (χ4n) is 2.01. The second kappa shape index (κ2) is 3.81. The Hall–Kier alpha value is -1.95. The van der Waals surface area contributed by atoms with E-state index in [1.165, 1.54) is 0 Å². The number of aromatic nitrogens is 2. The fraction of sp³-hybridized carbons (Fsp3) is 0.364. The molecule has 1 unspecified atom stereocenters. The summed E-state index contributed by atoms with van der Waals surface area (Å²) in [4.78, 5) is 14.5. The van der Waals surface area contributed by atoms with E-state index in [4.69, 9.17) is 4.74 Å². The smallest absolute Gasteiger partial charge is 0.390 e. The van der Waals surface area contributed by atoms with Gasteiger partial charge in [-0.3, -0.25) is 0 Å². The lowest BCUT2D eigenvalue weighted by Gasteiger charge is -2.25. The van der Waals surface area contributed by atoms with Crippen LogP contribution in [0.25, 0.3) is 11.0 Å². The molecule has 2 aromatic rings. The van der Waals surface area contributed by atoms with Crippen LogP contribution in [0.15, 0.2) is 24.3 Å². The van der Waals surface area contributed by atoms with Crippen LogP contribution in [0, 0.1) is 10.1 Å². The summed E-state index contributed by atoms with van der Waals surface area (Å²) in [5.74, 6) is -0.110. The highest BCUT2D eigenvalue weighted by molar-refractivity contribution is 5.77. The first-order valence-corrected chi connectivity index (χ1v) is 5.47. The highest BCUT2D eigenvalue weighted by Gasteiger charge is 2.27. The molecule has 0 bridgehead atoms. The van der Waals surface area contributed by atoms with Crippen molar-refractivity contribution in [2.24, 2.45) is 0 Å². The van der Waals surface area contributed by atoms with Gasteiger partial charge in [-0.15, -0.1) is 0 Å². The molecule has 0 spiro atoms. The van der Waals surface area contributed by atoms with Crippen LogP contribution in [0.2, 0.25) is 0 Å². The number of fused-ring (bicyclic) bond motifs is 1. The van der Waals surface area contributed by atoms with Crippen molar-refractivity contribution in [3.05, 3.63) is 34.4 Å². The van der Waals surface area contributed by atoms with E-state index in [0.717, 1.165) is 18.5 Å². The number of benzene rings is 1. The first kappa shape index (κ1) is 10.2. The van der Waals surface area contributed by atoms with E-state index >= 15 is 0 Å². The van der Waals surface area contributed by atoms with Gasteiger partial charge in [0.2, 0.25) is 0 Å². The van der Waals surface area contributed by atoms with Crippen molar-refractivity contribution in [2.45, 2.75) is 19.1 Å².